The number of rotatable bonds is 6. The molecular weight excluding hydrogens is 288 g/mol. The molecule has 23 heavy (non-hydrogen) atoms. The minimum absolute atomic E-state index is 0.389. The first-order chi connectivity index (χ1) is 11.2. The Bertz CT molecular complexity index is 640. The van der Waals surface area contributed by atoms with E-state index in [-0.39, 0.29) is 0 Å². The van der Waals surface area contributed by atoms with Crippen LogP contribution < -0.4 is 10.1 Å². The molecule has 1 N–H and O–H groups in total. The Morgan fingerprint density at radius 1 is 1.26 bits per heavy atom. The van der Waals surface area contributed by atoms with Gasteiger partial charge in [-0.15, -0.1) is 0 Å². The molecule has 0 spiro atoms. The second kappa shape index (κ2) is 7.20. The Labute approximate surface area is 138 Å². The van der Waals surface area contributed by atoms with E-state index in [9.17, 15) is 0 Å². The van der Waals surface area contributed by atoms with Gasteiger partial charge in [-0.3, -0.25) is 0 Å². The van der Waals surface area contributed by atoms with E-state index in [1.807, 2.05) is 12.1 Å². The van der Waals surface area contributed by atoms with Crippen molar-refractivity contribution in [3.63, 3.8) is 0 Å². The molecule has 1 aromatic heterocycles. The van der Waals surface area contributed by atoms with E-state index in [1.54, 1.807) is 7.11 Å². The molecule has 1 saturated heterocycles. The molecule has 1 aliphatic heterocycles. The van der Waals surface area contributed by atoms with E-state index in [1.165, 1.54) is 35.5 Å². The Hall–Kier alpha value is -1.78. The highest BCUT2D eigenvalue weighted by Crippen LogP contribution is 2.22. The molecule has 0 radical (unpaired) electrons. The van der Waals surface area contributed by atoms with Gasteiger partial charge >= 0.3 is 0 Å². The van der Waals surface area contributed by atoms with Crippen molar-refractivity contribution in [2.75, 3.05) is 20.3 Å². The summed E-state index contributed by atoms with van der Waals surface area (Å²) in [7, 11) is 1.69. The molecule has 0 saturated carbocycles. The SMILES string of the molecule is COc1ccc(-n2c(C)cc(CNCC3CCCO3)c2C)cc1. The highest BCUT2D eigenvalue weighted by molar-refractivity contribution is 5.43. The van der Waals surface area contributed by atoms with Crippen LogP contribution in [0.2, 0.25) is 0 Å². The fourth-order valence-corrected chi connectivity index (χ4v) is 3.31. The van der Waals surface area contributed by atoms with E-state index in [4.69, 9.17) is 9.47 Å². The normalized spacial score (nSPS) is 17.6. The van der Waals surface area contributed by atoms with Gasteiger partial charge in [0.2, 0.25) is 0 Å². The zero-order valence-corrected chi connectivity index (χ0v) is 14.3. The minimum atomic E-state index is 0.389. The molecule has 124 valence electrons. The van der Waals surface area contributed by atoms with Gasteiger partial charge in [0.25, 0.3) is 0 Å². The molecular formula is C19H26N2O2. The number of ether oxygens (including phenoxy) is 2. The van der Waals surface area contributed by atoms with Crippen LogP contribution >= 0.6 is 0 Å². The second-order valence-electron chi connectivity index (χ2n) is 6.20. The Morgan fingerprint density at radius 2 is 2.04 bits per heavy atom. The summed E-state index contributed by atoms with van der Waals surface area (Å²) in [5.74, 6) is 0.884. The zero-order chi connectivity index (χ0) is 16.2. The molecule has 0 aliphatic carbocycles. The van der Waals surface area contributed by atoms with Crippen molar-refractivity contribution in [3.05, 3.63) is 47.3 Å². The lowest BCUT2D eigenvalue weighted by molar-refractivity contribution is 0.110. The maximum atomic E-state index is 5.66. The molecule has 1 aliphatic rings. The van der Waals surface area contributed by atoms with Crippen molar-refractivity contribution < 1.29 is 9.47 Å². The average Bonchev–Trinajstić information content (AvgIpc) is 3.17. The van der Waals surface area contributed by atoms with E-state index >= 15 is 0 Å². The van der Waals surface area contributed by atoms with Gasteiger partial charge in [0.15, 0.2) is 0 Å². The smallest absolute Gasteiger partial charge is 0.119 e. The van der Waals surface area contributed by atoms with E-state index in [0.29, 0.717) is 6.10 Å². The third-order valence-corrected chi connectivity index (χ3v) is 4.58. The van der Waals surface area contributed by atoms with E-state index in [2.05, 4.69) is 41.9 Å². The molecule has 3 rings (SSSR count). The second-order valence-corrected chi connectivity index (χ2v) is 6.20. The predicted octanol–water partition coefficient (Wildman–Crippen LogP) is 3.37. The molecule has 2 heterocycles. The molecule has 1 fully saturated rings. The van der Waals surface area contributed by atoms with Crippen LogP contribution in [-0.4, -0.2) is 30.9 Å². The third-order valence-electron chi connectivity index (χ3n) is 4.58. The van der Waals surface area contributed by atoms with Crippen molar-refractivity contribution in [2.24, 2.45) is 0 Å². The van der Waals surface area contributed by atoms with E-state index < -0.39 is 0 Å². The summed E-state index contributed by atoms with van der Waals surface area (Å²) in [5, 5.41) is 3.54. The van der Waals surface area contributed by atoms with Crippen LogP contribution in [0.1, 0.15) is 29.8 Å². The monoisotopic (exact) mass is 314 g/mol. The van der Waals surface area contributed by atoms with Crippen molar-refractivity contribution in [1.82, 2.24) is 9.88 Å². The van der Waals surface area contributed by atoms with Crippen LogP contribution in [0.4, 0.5) is 0 Å². The average molecular weight is 314 g/mol. The number of hydrogen-bond acceptors (Lipinski definition) is 3. The minimum Gasteiger partial charge on any atom is -0.497 e. The van der Waals surface area contributed by atoms with Crippen LogP contribution in [0.5, 0.6) is 5.75 Å². The van der Waals surface area contributed by atoms with Crippen molar-refractivity contribution in [1.29, 1.82) is 0 Å². The number of nitrogens with one attached hydrogen (secondary N) is 1. The van der Waals surface area contributed by atoms with Crippen LogP contribution in [0.3, 0.4) is 0 Å². The summed E-state index contributed by atoms with van der Waals surface area (Å²) in [6.07, 6.45) is 2.76. The maximum Gasteiger partial charge on any atom is 0.119 e. The fraction of sp³-hybridized carbons (Fsp3) is 0.474. The quantitative estimate of drug-likeness (QED) is 0.888. The van der Waals surface area contributed by atoms with Gasteiger partial charge in [-0.1, -0.05) is 0 Å². The summed E-state index contributed by atoms with van der Waals surface area (Å²) in [5.41, 5.74) is 5.05. The number of methoxy groups -OCH3 is 1. The lowest BCUT2D eigenvalue weighted by atomic mass is 10.2. The topological polar surface area (TPSA) is 35.4 Å². The first-order valence-electron chi connectivity index (χ1n) is 8.33. The lowest BCUT2D eigenvalue weighted by Crippen LogP contribution is -2.25. The number of aryl methyl sites for hydroxylation is 1. The van der Waals surface area contributed by atoms with Crippen molar-refractivity contribution in [2.45, 2.75) is 39.3 Å². The van der Waals surface area contributed by atoms with Crippen LogP contribution in [0, 0.1) is 13.8 Å². The number of aromatic nitrogens is 1. The molecule has 4 heteroatoms. The Kier molecular flexibility index (Phi) is 5.03. The highest BCUT2D eigenvalue weighted by atomic mass is 16.5. The van der Waals surface area contributed by atoms with Crippen molar-refractivity contribution in [3.8, 4) is 11.4 Å². The first-order valence-corrected chi connectivity index (χ1v) is 8.33. The number of hydrogen-bond donors (Lipinski definition) is 1. The summed E-state index contributed by atoms with van der Waals surface area (Å²) in [4.78, 5) is 0. The molecule has 1 unspecified atom stereocenters. The molecule has 1 aromatic carbocycles. The highest BCUT2D eigenvalue weighted by Gasteiger charge is 2.15. The zero-order valence-electron chi connectivity index (χ0n) is 14.3. The van der Waals surface area contributed by atoms with Crippen LogP contribution in [-0.2, 0) is 11.3 Å². The summed E-state index contributed by atoms with van der Waals surface area (Å²) in [6, 6.07) is 10.5. The van der Waals surface area contributed by atoms with Gasteiger partial charge in [-0.05, 0) is 62.6 Å². The van der Waals surface area contributed by atoms with Gasteiger partial charge in [-0.25, -0.2) is 0 Å². The first kappa shape index (κ1) is 16.1. The third kappa shape index (κ3) is 3.59. The van der Waals surface area contributed by atoms with Gasteiger partial charge in [0.1, 0.15) is 5.75 Å². The van der Waals surface area contributed by atoms with Crippen LogP contribution in [0.15, 0.2) is 30.3 Å². The number of benzene rings is 1. The maximum absolute atomic E-state index is 5.66. The Balaban J connectivity index is 1.70. The molecule has 0 amide bonds. The lowest BCUT2D eigenvalue weighted by Gasteiger charge is -2.12. The molecule has 0 bridgehead atoms. The summed E-state index contributed by atoms with van der Waals surface area (Å²) >= 11 is 0. The molecule has 4 nitrogen and oxygen atoms in total. The Morgan fingerprint density at radius 3 is 2.70 bits per heavy atom. The summed E-state index contributed by atoms with van der Waals surface area (Å²) in [6.45, 7) is 7.07. The van der Waals surface area contributed by atoms with Crippen molar-refractivity contribution >= 4 is 0 Å². The number of nitrogens with zero attached hydrogens (tertiary/aromatic N) is 1. The summed E-state index contributed by atoms with van der Waals surface area (Å²) < 4.78 is 13.2. The van der Waals surface area contributed by atoms with Crippen LogP contribution in [0.25, 0.3) is 5.69 Å². The van der Waals surface area contributed by atoms with Gasteiger partial charge in [-0.2, -0.15) is 0 Å². The molecule has 2 aromatic rings. The predicted molar refractivity (Wildman–Crippen MR) is 92.5 cm³/mol. The van der Waals surface area contributed by atoms with Gasteiger partial charge in [0, 0.05) is 36.8 Å². The van der Waals surface area contributed by atoms with Gasteiger partial charge in [0.05, 0.1) is 13.2 Å². The fourth-order valence-electron chi connectivity index (χ4n) is 3.31. The standard InChI is InChI=1S/C19H26N2O2/c1-14-11-16(12-20-13-19-5-4-10-23-19)15(2)21(14)17-6-8-18(22-3)9-7-17/h6-9,11,19-20H,4-5,10,12-13H2,1-3H3. The molecule has 1 atom stereocenters. The van der Waals surface area contributed by atoms with E-state index in [0.717, 1.165) is 25.4 Å². The van der Waals surface area contributed by atoms with Gasteiger partial charge < -0.3 is 19.4 Å². The largest absolute Gasteiger partial charge is 0.497 e.